The lowest BCUT2D eigenvalue weighted by Crippen LogP contribution is -2.51. The quantitative estimate of drug-likeness (QED) is 0.0414. The van der Waals surface area contributed by atoms with E-state index in [1.165, 1.54) is 58.0 Å². The van der Waals surface area contributed by atoms with Gasteiger partial charge in [-0.2, -0.15) is 23.7 Å². The normalized spacial score (nSPS) is 16.2. The predicted molar refractivity (Wildman–Crippen MR) is 267 cm³/mol. The van der Waals surface area contributed by atoms with Gasteiger partial charge in [-0.25, -0.2) is 28.0 Å². The maximum Gasteiger partial charge on any atom is 0.416 e. The number of carbonyl (C=O) groups is 4. The fourth-order valence-corrected chi connectivity index (χ4v) is 9.18. The maximum atomic E-state index is 14.5. The van der Waals surface area contributed by atoms with Crippen molar-refractivity contribution in [2.24, 2.45) is 0 Å². The number of alkyl halides is 5. The monoisotopic (exact) mass is 1020 g/mol. The Morgan fingerprint density at radius 2 is 1.04 bits per heavy atom. The molecule has 4 aromatic rings. The molecule has 6 rings (SSSR count). The minimum absolute atomic E-state index is 0.0140. The van der Waals surface area contributed by atoms with Crippen LogP contribution in [0.2, 0.25) is 0 Å². The van der Waals surface area contributed by atoms with Gasteiger partial charge in [-0.05, 0) is 145 Å². The molecule has 2 unspecified atom stereocenters. The molecular weight excluding hydrogens is 964 g/mol. The third-order valence-electron chi connectivity index (χ3n) is 12.7. The Hall–Kier alpha value is -7.61. The summed E-state index contributed by atoms with van der Waals surface area (Å²) in [4.78, 5) is 61.7. The Kier molecular flexibility index (Phi) is 19.5. The molecule has 0 spiro atoms. The van der Waals surface area contributed by atoms with Crippen LogP contribution in [-0.2, 0) is 25.2 Å². The summed E-state index contributed by atoms with van der Waals surface area (Å²) in [5.41, 5.74) is 1.34. The Balaban J connectivity index is 1.05. The molecule has 0 saturated carbocycles. The number of benzene rings is 4. The standard InChI is InChI=1S/C55H59F5N8O6/c1-5-73-51(69)46-36(3)67(44-16-10-14-42(32-44)50(56)57)53(71)65(48(46)40-22-18-38(34-61)19-23-40)30-12-28-63-26-8-7-9-27-64-29-13-31-66-49(41-24-20-39(35-62)21-25-41)47(52(70)74-6-2)37(4)68(54(66)72)45-17-11-15-43(33-45)55(58,59)60/h10-11,14-25,32-33,48-50,63-64H,5-9,12-13,26-31H2,1-4H3. The van der Waals surface area contributed by atoms with Crippen molar-refractivity contribution >= 4 is 35.4 Å². The van der Waals surface area contributed by atoms with E-state index in [-0.39, 0.29) is 65.8 Å². The van der Waals surface area contributed by atoms with Gasteiger partial charge >= 0.3 is 30.2 Å². The molecule has 0 aliphatic carbocycles. The lowest BCUT2D eigenvalue weighted by Gasteiger charge is -2.43. The largest absolute Gasteiger partial charge is 0.463 e. The summed E-state index contributed by atoms with van der Waals surface area (Å²) in [6, 6.07) is 24.0. The fraction of sp³-hybridized carbons (Fsp3) is 0.382. The molecule has 4 aromatic carbocycles. The van der Waals surface area contributed by atoms with Crippen molar-refractivity contribution in [2.45, 2.75) is 84.5 Å². The third kappa shape index (κ3) is 13.1. The van der Waals surface area contributed by atoms with Gasteiger partial charge < -0.3 is 29.9 Å². The first-order chi connectivity index (χ1) is 35.6. The van der Waals surface area contributed by atoms with Crippen molar-refractivity contribution in [1.29, 1.82) is 10.5 Å². The van der Waals surface area contributed by atoms with Crippen molar-refractivity contribution in [3.05, 3.63) is 153 Å². The number of nitriles is 2. The van der Waals surface area contributed by atoms with Crippen LogP contribution >= 0.6 is 0 Å². The van der Waals surface area contributed by atoms with E-state index in [1.54, 1.807) is 69.3 Å². The van der Waals surface area contributed by atoms with Crippen molar-refractivity contribution in [3.8, 4) is 12.1 Å². The summed E-state index contributed by atoms with van der Waals surface area (Å²) in [5.74, 6) is -1.39. The molecule has 2 heterocycles. The van der Waals surface area contributed by atoms with E-state index < -0.39 is 54.2 Å². The number of amides is 4. The first-order valence-electron chi connectivity index (χ1n) is 24.5. The number of carbonyl (C=O) groups excluding carboxylic acids is 4. The van der Waals surface area contributed by atoms with Crippen molar-refractivity contribution in [2.75, 3.05) is 62.3 Å². The number of anilines is 2. The highest BCUT2D eigenvalue weighted by Crippen LogP contribution is 2.43. The van der Waals surface area contributed by atoms with Crippen molar-refractivity contribution in [1.82, 2.24) is 20.4 Å². The average Bonchev–Trinajstić information content (AvgIpc) is 3.38. The summed E-state index contributed by atoms with van der Waals surface area (Å²) in [7, 11) is 0. The molecule has 19 heteroatoms. The molecule has 390 valence electrons. The fourth-order valence-electron chi connectivity index (χ4n) is 9.18. The zero-order valence-corrected chi connectivity index (χ0v) is 41.7. The molecule has 0 fully saturated rings. The number of rotatable bonds is 23. The first-order valence-corrected chi connectivity index (χ1v) is 24.5. The number of urea groups is 2. The Bertz CT molecular complexity index is 2790. The Labute approximate surface area is 427 Å². The van der Waals surface area contributed by atoms with Gasteiger partial charge in [0, 0.05) is 30.0 Å². The lowest BCUT2D eigenvalue weighted by atomic mass is 9.92. The molecule has 2 aliphatic heterocycles. The Morgan fingerprint density at radius 1 is 0.622 bits per heavy atom. The van der Waals surface area contributed by atoms with Crippen molar-refractivity contribution < 1.29 is 50.6 Å². The van der Waals surface area contributed by atoms with Gasteiger partial charge in [0.15, 0.2) is 0 Å². The number of esters is 2. The van der Waals surface area contributed by atoms with Gasteiger partial charge in [0.25, 0.3) is 6.43 Å². The number of halogens is 5. The van der Waals surface area contributed by atoms with E-state index in [1.807, 2.05) is 0 Å². The summed E-state index contributed by atoms with van der Waals surface area (Å²) < 4.78 is 80.1. The van der Waals surface area contributed by atoms with E-state index in [2.05, 4.69) is 22.8 Å². The smallest absolute Gasteiger partial charge is 0.416 e. The second-order valence-corrected chi connectivity index (χ2v) is 17.5. The highest BCUT2D eigenvalue weighted by atomic mass is 19.4. The molecule has 0 bridgehead atoms. The predicted octanol–water partition coefficient (Wildman–Crippen LogP) is 10.9. The van der Waals surface area contributed by atoms with E-state index in [0.29, 0.717) is 61.3 Å². The SMILES string of the molecule is CCOC(=O)C1=C(C)N(c2cccc(C(F)F)c2)C(=O)N(CCCNCCCCCNCCCN2C(=O)N(c3cccc(C(F)(F)F)c3)C(C)=C(C(=O)OCC)C2c2ccc(C#N)cc2)C1c1ccc(C#N)cc1. The third-order valence-corrected chi connectivity index (χ3v) is 12.7. The number of ether oxygens (including phenoxy) is 2. The van der Waals surface area contributed by atoms with Crippen LogP contribution in [0.25, 0.3) is 0 Å². The van der Waals surface area contributed by atoms with E-state index in [9.17, 15) is 51.7 Å². The summed E-state index contributed by atoms with van der Waals surface area (Å²) in [5, 5.41) is 25.7. The van der Waals surface area contributed by atoms with E-state index in [4.69, 9.17) is 9.47 Å². The highest BCUT2D eigenvalue weighted by molar-refractivity contribution is 6.04. The van der Waals surface area contributed by atoms with E-state index >= 15 is 0 Å². The highest BCUT2D eigenvalue weighted by Gasteiger charge is 2.45. The van der Waals surface area contributed by atoms with Crippen molar-refractivity contribution in [3.63, 3.8) is 0 Å². The van der Waals surface area contributed by atoms with Gasteiger partial charge in [0.2, 0.25) is 0 Å². The maximum absolute atomic E-state index is 14.5. The van der Waals surface area contributed by atoms with Crippen LogP contribution in [0.4, 0.5) is 42.9 Å². The summed E-state index contributed by atoms with van der Waals surface area (Å²) >= 11 is 0. The number of allylic oxidation sites excluding steroid dienone is 2. The number of nitrogens with zero attached hydrogens (tertiary/aromatic N) is 6. The van der Waals surface area contributed by atoms with Gasteiger partial charge in [0.05, 0.1) is 76.6 Å². The van der Waals surface area contributed by atoms with Crippen LogP contribution in [-0.4, -0.2) is 86.3 Å². The van der Waals surface area contributed by atoms with Crippen LogP contribution in [0.15, 0.2) is 120 Å². The minimum atomic E-state index is -4.68. The zero-order valence-electron chi connectivity index (χ0n) is 41.7. The molecule has 0 radical (unpaired) electrons. The van der Waals surface area contributed by atoms with Gasteiger partial charge in [-0.1, -0.05) is 48.9 Å². The molecule has 2 N–H and O–H groups in total. The number of nitrogens with one attached hydrogen (secondary N) is 2. The van der Waals surface area contributed by atoms with E-state index in [0.717, 1.165) is 36.3 Å². The molecule has 2 aliphatic rings. The second-order valence-electron chi connectivity index (χ2n) is 17.5. The molecule has 14 nitrogen and oxygen atoms in total. The van der Waals surface area contributed by atoms with Crippen LogP contribution in [0.3, 0.4) is 0 Å². The second kappa shape index (κ2) is 25.9. The molecular formula is C55H59F5N8O6. The number of hydrogen-bond acceptors (Lipinski definition) is 10. The number of unbranched alkanes of at least 4 members (excludes halogenated alkanes) is 2. The first kappa shape index (κ1) is 55.7. The van der Waals surface area contributed by atoms with Gasteiger partial charge in [0.1, 0.15) is 0 Å². The van der Waals surface area contributed by atoms with Gasteiger partial charge in [-0.15, -0.1) is 0 Å². The molecule has 4 amide bonds. The zero-order chi connectivity index (χ0) is 53.5. The summed E-state index contributed by atoms with van der Waals surface area (Å²) in [6.07, 6.45) is -4.08. The molecule has 0 aromatic heterocycles. The average molecular weight is 1020 g/mol. The van der Waals surface area contributed by atoms with Crippen LogP contribution in [0.1, 0.15) is 112 Å². The topological polar surface area (TPSA) is 171 Å². The lowest BCUT2D eigenvalue weighted by molar-refractivity contribution is -0.140. The van der Waals surface area contributed by atoms with Crippen LogP contribution in [0.5, 0.6) is 0 Å². The van der Waals surface area contributed by atoms with Crippen LogP contribution < -0.4 is 20.4 Å². The Morgan fingerprint density at radius 3 is 1.45 bits per heavy atom. The molecule has 74 heavy (non-hydrogen) atoms. The minimum Gasteiger partial charge on any atom is -0.463 e. The molecule has 0 saturated heterocycles. The summed E-state index contributed by atoms with van der Waals surface area (Å²) in [6.45, 7) is 9.05. The molecule has 2 atom stereocenters. The van der Waals surface area contributed by atoms with Gasteiger partial charge in [-0.3, -0.25) is 9.80 Å². The number of hydrogen-bond donors (Lipinski definition) is 2. The van der Waals surface area contributed by atoms with Crippen LogP contribution in [0, 0.1) is 22.7 Å².